The van der Waals surface area contributed by atoms with Crippen LogP contribution in [0.2, 0.25) is 0 Å². The van der Waals surface area contributed by atoms with Gasteiger partial charge in [0.1, 0.15) is 18.5 Å². The molecule has 21 heavy (non-hydrogen) atoms. The Bertz CT molecular complexity index is 468. The highest BCUT2D eigenvalue weighted by Crippen LogP contribution is 2.23. The first-order chi connectivity index (χ1) is 9.34. The molecule has 7 heteroatoms. The number of carbonyl (C=O) groups is 1. The zero-order chi connectivity index (χ0) is 16.8. The second-order valence-corrected chi connectivity index (χ2v) is 7.55. The Hall–Kier alpha value is -1.37. The second-order valence-electron chi connectivity index (χ2n) is 5.47. The molecule has 120 valence electrons. The van der Waals surface area contributed by atoms with Gasteiger partial charge in [-0.1, -0.05) is 12.1 Å². The molecule has 0 saturated carbocycles. The number of aliphatic carboxylic acids is 1. The van der Waals surface area contributed by atoms with Crippen molar-refractivity contribution in [2.75, 3.05) is 17.8 Å². The predicted molar refractivity (Wildman–Crippen MR) is 78.4 cm³/mol. The molecule has 1 rings (SSSR count). The van der Waals surface area contributed by atoms with Gasteiger partial charge in [0.05, 0.1) is 5.69 Å². The Morgan fingerprint density at radius 1 is 1.14 bits per heavy atom. The van der Waals surface area contributed by atoms with Crippen LogP contribution in [0.3, 0.4) is 0 Å². The summed E-state index contributed by atoms with van der Waals surface area (Å²) in [5.74, 6) is -3.01. The molecule has 0 aliphatic rings. The van der Waals surface area contributed by atoms with Crippen molar-refractivity contribution < 1.29 is 23.1 Å². The lowest BCUT2D eigenvalue weighted by atomic mass is 10.1. The maximum Gasteiger partial charge on any atom is 0.430 e. The summed E-state index contributed by atoms with van der Waals surface area (Å²) in [7, 11) is 0.312. The summed E-state index contributed by atoms with van der Waals surface area (Å²) in [4.78, 5) is 10.2. The molecule has 1 aromatic rings. The molecule has 0 spiro atoms. The van der Waals surface area contributed by atoms with Gasteiger partial charge in [0.15, 0.2) is 4.90 Å². The molecule has 1 aromatic carbocycles. The quantitative estimate of drug-likeness (QED) is 0.851. The van der Waals surface area contributed by atoms with Gasteiger partial charge in [-0.05, 0) is 32.9 Å². The van der Waals surface area contributed by atoms with Crippen LogP contribution < -0.4 is 10.4 Å². The lowest BCUT2D eigenvalue weighted by molar-refractivity contribution is -0.344. The Labute approximate surface area is 125 Å². The number of halogens is 3. The minimum Gasteiger partial charge on any atom is -0.542 e. The van der Waals surface area contributed by atoms with E-state index in [2.05, 4.69) is 62.9 Å². The first-order valence-corrected chi connectivity index (χ1v) is 8.11. The van der Waals surface area contributed by atoms with Crippen molar-refractivity contribution >= 4 is 22.6 Å². The zero-order valence-corrected chi connectivity index (χ0v) is 13.5. The molecule has 0 amide bonds. The summed E-state index contributed by atoms with van der Waals surface area (Å²) in [6.45, 7) is 6.56. The summed E-state index contributed by atoms with van der Waals surface area (Å²) in [6, 6.07) is 8.56. The average molecular weight is 323 g/mol. The number of benzene rings is 1. The number of carbonyl (C=O) groups excluding carboxylic acids is 1. The minimum absolute atomic E-state index is 0.134. The fraction of sp³-hybridized carbons (Fsp3) is 0.500. The molecule has 0 bridgehead atoms. The van der Waals surface area contributed by atoms with Crippen molar-refractivity contribution in [2.24, 2.45) is 0 Å². The summed E-state index contributed by atoms with van der Waals surface area (Å²) >= 11 is 0. The van der Waals surface area contributed by atoms with Gasteiger partial charge >= 0.3 is 6.18 Å². The van der Waals surface area contributed by atoms with E-state index in [0.29, 0.717) is 10.9 Å². The van der Waals surface area contributed by atoms with Gasteiger partial charge in [0, 0.05) is 16.4 Å². The lowest BCUT2D eigenvalue weighted by Gasteiger charge is -2.22. The highest BCUT2D eigenvalue weighted by atomic mass is 32.2. The number of carboxylic acid groups (broad SMARTS) is 1. The number of para-hydroxylation sites is 1. The SMILES string of the molecule is C[S+](C)c1ccccc1NC(C)(C)C.O=C([O-])C(F)(F)F. The van der Waals surface area contributed by atoms with E-state index in [4.69, 9.17) is 9.90 Å². The first kappa shape index (κ1) is 19.6. The van der Waals surface area contributed by atoms with E-state index in [9.17, 15) is 13.2 Å². The maximum atomic E-state index is 10.5. The Balaban J connectivity index is 0.000000486. The maximum absolute atomic E-state index is 10.5. The van der Waals surface area contributed by atoms with E-state index < -0.39 is 12.1 Å². The molecule has 1 N–H and O–H groups in total. The molecule has 0 unspecified atom stereocenters. The van der Waals surface area contributed by atoms with Crippen LogP contribution in [0.25, 0.3) is 0 Å². The van der Waals surface area contributed by atoms with Crippen LogP contribution in [0.15, 0.2) is 29.2 Å². The van der Waals surface area contributed by atoms with Gasteiger partial charge in [-0.3, -0.25) is 0 Å². The smallest absolute Gasteiger partial charge is 0.430 e. The topological polar surface area (TPSA) is 52.2 Å². The van der Waals surface area contributed by atoms with Gasteiger partial charge in [0.25, 0.3) is 0 Å². The Morgan fingerprint density at radius 2 is 1.57 bits per heavy atom. The number of rotatable bonds is 2. The van der Waals surface area contributed by atoms with Crippen molar-refractivity contribution in [3.8, 4) is 0 Å². The normalized spacial score (nSPS) is 11.7. The molecule has 3 nitrogen and oxygen atoms in total. The van der Waals surface area contributed by atoms with E-state index in [1.165, 1.54) is 10.6 Å². The van der Waals surface area contributed by atoms with E-state index >= 15 is 0 Å². The van der Waals surface area contributed by atoms with E-state index in [0.717, 1.165) is 0 Å². The summed E-state index contributed by atoms with van der Waals surface area (Å²) in [5, 5.41) is 12.3. The second kappa shape index (κ2) is 7.59. The van der Waals surface area contributed by atoms with Gasteiger partial charge in [-0.25, -0.2) is 0 Å². The highest BCUT2D eigenvalue weighted by molar-refractivity contribution is 7.95. The summed E-state index contributed by atoms with van der Waals surface area (Å²) in [6.07, 6.45) is -0.688. The standard InChI is InChI=1S/C12H20NS.C2HF3O2/c1-12(2,3)13-10-8-6-7-9-11(10)14(4)5;3-2(4,5)1(6)7/h6-9,13H,1-5H3;(H,6,7)/q+1;/p-1. The largest absolute Gasteiger partial charge is 0.542 e. The van der Waals surface area contributed by atoms with Crippen LogP contribution in [0.5, 0.6) is 0 Å². The van der Waals surface area contributed by atoms with Crippen LogP contribution in [-0.4, -0.2) is 30.2 Å². The number of anilines is 1. The zero-order valence-electron chi connectivity index (χ0n) is 12.7. The minimum atomic E-state index is -5.19. The van der Waals surface area contributed by atoms with Crippen molar-refractivity contribution in [3.05, 3.63) is 24.3 Å². The number of hydrogen-bond acceptors (Lipinski definition) is 3. The number of carboxylic acids is 1. The number of alkyl halides is 3. The van der Waals surface area contributed by atoms with Crippen LogP contribution >= 0.6 is 0 Å². The molecule has 0 aliphatic carbocycles. The van der Waals surface area contributed by atoms with Crippen molar-refractivity contribution in [2.45, 2.75) is 37.4 Å². The third-order valence-electron chi connectivity index (χ3n) is 2.07. The third kappa shape index (κ3) is 8.49. The average Bonchev–Trinajstić information content (AvgIpc) is 2.26. The molecular formula is C14H20F3NO2S. The molecule has 0 fully saturated rings. The van der Waals surface area contributed by atoms with E-state index in [-0.39, 0.29) is 5.54 Å². The van der Waals surface area contributed by atoms with E-state index in [1.807, 2.05) is 0 Å². The van der Waals surface area contributed by atoms with Crippen molar-refractivity contribution in [1.82, 2.24) is 0 Å². The molecule has 0 aliphatic heterocycles. The molecule has 0 heterocycles. The van der Waals surface area contributed by atoms with Crippen LogP contribution in [0.4, 0.5) is 18.9 Å². The van der Waals surface area contributed by atoms with Crippen LogP contribution in [0, 0.1) is 0 Å². The lowest BCUT2D eigenvalue weighted by Crippen LogP contribution is -2.37. The molecular weight excluding hydrogens is 303 g/mol. The number of hydrogen-bond donors (Lipinski definition) is 1. The van der Waals surface area contributed by atoms with Crippen molar-refractivity contribution in [1.29, 1.82) is 0 Å². The van der Waals surface area contributed by atoms with E-state index in [1.54, 1.807) is 0 Å². The summed E-state index contributed by atoms with van der Waals surface area (Å²) < 4.78 is 31.5. The van der Waals surface area contributed by atoms with Gasteiger partial charge < -0.3 is 15.2 Å². The van der Waals surface area contributed by atoms with Gasteiger partial charge in [-0.15, -0.1) is 0 Å². The fourth-order valence-electron chi connectivity index (χ4n) is 1.33. The predicted octanol–water partition coefficient (Wildman–Crippen LogP) is 2.43. The molecule has 0 atom stereocenters. The Morgan fingerprint density at radius 3 is 1.90 bits per heavy atom. The molecule has 0 saturated heterocycles. The molecule has 0 radical (unpaired) electrons. The summed E-state index contributed by atoms with van der Waals surface area (Å²) in [5.41, 5.74) is 1.41. The highest BCUT2D eigenvalue weighted by Gasteiger charge is 2.28. The monoisotopic (exact) mass is 323 g/mol. The number of nitrogens with one attached hydrogen (secondary N) is 1. The Kier molecular flexibility index (Phi) is 7.09. The van der Waals surface area contributed by atoms with Gasteiger partial charge in [-0.2, -0.15) is 13.2 Å². The fourth-order valence-corrected chi connectivity index (χ4v) is 2.24. The first-order valence-electron chi connectivity index (χ1n) is 6.07. The van der Waals surface area contributed by atoms with Crippen LogP contribution in [-0.2, 0) is 15.7 Å². The third-order valence-corrected chi connectivity index (χ3v) is 3.30. The van der Waals surface area contributed by atoms with Gasteiger partial charge in [0.2, 0.25) is 0 Å². The van der Waals surface area contributed by atoms with Crippen molar-refractivity contribution in [3.63, 3.8) is 0 Å². The van der Waals surface area contributed by atoms with Crippen LogP contribution in [0.1, 0.15) is 20.8 Å². The molecule has 0 aromatic heterocycles.